The number of hydrogen-bond acceptors (Lipinski definition) is 8. The average Bonchev–Trinajstić information content (AvgIpc) is 2.90. The Balaban J connectivity index is 1.71. The fourth-order valence-corrected chi connectivity index (χ4v) is 4.52. The molecule has 2 aromatic heterocycles. The summed E-state index contributed by atoms with van der Waals surface area (Å²) in [5.74, 6) is 2.75. The van der Waals surface area contributed by atoms with Crippen LogP contribution >= 0.6 is 23.4 Å². The largest absolute Gasteiger partial charge is 0.495 e. The van der Waals surface area contributed by atoms with Crippen molar-refractivity contribution in [2.24, 2.45) is 0 Å². The third-order valence-electron chi connectivity index (χ3n) is 4.21. The van der Waals surface area contributed by atoms with Crippen molar-refractivity contribution in [2.45, 2.75) is 31.0 Å². The summed E-state index contributed by atoms with van der Waals surface area (Å²) >= 11 is 8.18. The molecule has 9 heteroatoms. The van der Waals surface area contributed by atoms with Gasteiger partial charge in [0.2, 0.25) is 5.95 Å². The number of hydrazine groups is 1. The van der Waals surface area contributed by atoms with E-state index in [0.29, 0.717) is 17.3 Å². The number of hydrogen-bond donors (Lipinski definition) is 2. The van der Waals surface area contributed by atoms with Gasteiger partial charge in [0.15, 0.2) is 5.82 Å². The molecule has 0 spiro atoms. The lowest BCUT2D eigenvalue weighted by atomic mass is 10.1. The summed E-state index contributed by atoms with van der Waals surface area (Å²) in [5.41, 5.74) is 12.1. The van der Waals surface area contributed by atoms with Gasteiger partial charge in [-0.3, -0.25) is 9.99 Å². The highest BCUT2D eigenvalue weighted by atomic mass is 35.5. The molecule has 1 unspecified atom stereocenters. The van der Waals surface area contributed by atoms with Gasteiger partial charge in [-0.2, -0.15) is 4.98 Å². The number of methoxy groups -OCH3 is 1. The van der Waals surface area contributed by atoms with E-state index in [1.807, 2.05) is 11.9 Å². The first-order valence-electron chi connectivity index (χ1n) is 7.60. The first-order valence-corrected chi connectivity index (χ1v) is 8.96. The zero-order valence-electron chi connectivity index (χ0n) is 13.3. The van der Waals surface area contributed by atoms with Crippen molar-refractivity contribution in [3.8, 4) is 5.75 Å². The molecule has 2 aromatic rings. The summed E-state index contributed by atoms with van der Waals surface area (Å²) in [6.07, 6.45) is 2.79. The third-order valence-corrected chi connectivity index (χ3v) is 5.62. The number of pyridine rings is 1. The van der Waals surface area contributed by atoms with E-state index in [0.717, 1.165) is 39.8 Å². The first kappa shape index (κ1) is 15.7. The Bertz CT molecular complexity index is 817. The van der Waals surface area contributed by atoms with E-state index in [2.05, 4.69) is 20.4 Å². The SMILES string of the molecule is COc1c(C)cnc(CN2NC3CCSc4nc(N)nc2c43)c1Cl. The Morgan fingerprint density at radius 3 is 3.12 bits per heavy atom. The number of aryl methyl sites for hydroxylation is 1. The number of nitrogens with zero attached hydrogens (tertiary/aromatic N) is 4. The average molecular weight is 365 g/mol. The number of nitrogens with two attached hydrogens (primary N) is 1. The number of anilines is 2. The monoisotopic (exact) mass is 364 g/mol. The quantitative estimate of drug-likeness (QED) is 0.803. The van der Waals surface area contributed by atoms with Gasteiger partial charge in [-0.15, -0.1) is 11.8 Å². The molecule has 0 aromatic carbocycles. The molecule has 126 valence electrons. The second kappa shape index (κ2) is 5.94. The number of nitrogen functional groups attached to an aromatic ring is 1. The van der Waals surface area contributed by atoms with Crippen LogP contribution in [0, 0.1) is 6.92 Å². The van der Waals surface area contributed by atoms with Gasteiger partial charge >= 0.3 is 0 Å². The van der Waals surface area contributed by atoms with Crippen molar-refractivity contribution in [2.75, 3.05) is 23.6 Å². The van der Waals surface area contributed by atoms with E-state index in [1.165, 1.54) is 0 Å². The summed E-state index contributed by atoms with van der Waals surface area (Å²) in [7, 11) is 1.61. The van der Waals surface area contributed by atoms with E-state index in [-0.39, 0.29) is 12.0 Å². The molecule has 24 heavy (non-hydrogen) atoms. The van der Waals surface area contributed by atoms with Crippen LogP contribution in [-0.2, 0) is 6.54 Å². The number of thioether (sulfide) groups is 1. The summed E-state index contributed by atoms with van der Waals surface area (Å²) in [5, 5.41) is 3.44. The minimum Gasteiger partial charge on any atom is -0.495 e. The Labute approximate surface area is 148 Å². The van der Waals surface area contributed by atoms with Crippen LogP contribution in [0.5, 0.6) is 5.75 Å². The van der Waals surface area contributed by atoms with E-state index in [9.17, 15) is 0 Å². The maximum atomic E-state index is 6.46. The van der Waals surface area contributed by atoms with Gasteiger partial charge in [0.25, 0.3) is 0 Å². The highest BCUT2D eigenvalue weighted by Crippen LogP contribution is 2.44. The second-order valence-electron chi connectivity index (χ2n) is 5.76. The van der Waals surface area contributed by atoms with Crippen LogP contribution in [0.25, 0.3) is 0 Å². The third kappa shape index (κ3) is 2.45. The molecule has 0 aliphatic carbocycles. The molecule has 1 atom stereocenters. The molecule has 2 aliphatic rings. The van der Waals surface area contributed by atoms with Crippen molar-refractivity contribution >= 4 is 35.1 Å². The molecule has 0 fully saturated rings. The van der Waals surface area contributed by atoms with Crippen LogP contribution in [0.3, 0.4) is 0 Å². The van der Waals surface area contributed by atoms with Gasteiger partial charge in [0, 0.05) is 23.1 Å². The van der Waals surface area contributed by atoms with Crippen molar-refractivity contribution in [3.63, 3.8) is 0 Å². The molecule has 0 saturated heterocycles. The molecule has 2 aliphatic heterocycles. The van der Waals surface area contributed by atoms with Crippen molar-refractivity contribution in [3.05, 3.63) is 28.0 Å². The molecule has 3 N–H and O–H groups in total. The van der Waals surface area contributed by atoms with Crippen molar-refractivity contribution < 1.29 is 4.74 Å². The van der Waals surface area contributed by atoms with E-state index >= 15 is 0 Å². The van der Waals surface area contributed by atoms with E-state index < -0.39 is 0 Å². The molecule has 4 rings (SSSR count). The molecule has 0 saturated carbocycles. The van der Waals surface area contributed by atoms with E-state index in [4.69, 9.17) is 22.1 Å². The summed E-state index contributed by atoms with van der Waals surface area (Å²) in [4.78, 5) is 13.3. The van der Waals surface area contributed by atoms with Crippen molar-refractivity contribution in [1.82, 2.24) is 20.4 Å². The highest BCUT2D eigenvalue weighted by Gasteiger charge is 2.36. The van der Waals surface area contributed by atoms with E-state index in [1.54, 1.807) is 25.1 Å². The summed E-state index contributed by atoms with van der Waals surface area (Å²) in [6, 6.07) is 0.211. The maximum Gasteiger partial charge on any atom is 0.223 e. The normalized spacial score (nSPS) is 18.6. The van der Waals surface area contributed by atoms with Gasteiger partial charge in [-0.1, -0.05) is 11.6 Å². The lowest BCUT2D eigenvalue weighted by Crippen LogP contribution is -2.35. The van der Waals surface area contributed by atoms with Crippen LogP contribution < -0.4 is 20.9 Å². The van der Waals surface area contributed by atoms with Crippen LogP contribution in [-0.4, -0.2) is 27.8 Å². The topological polar surface area (TPSA) is 89.2 Å². The van der Waals surface area contributed by atoms with Gasteiger partial charge < -0.3 is 10.5 Å². The van der Waals surface area contributed by atoms with Gasteiger partial charge in [0.1, 0.15) is 15.8 Å². The number of rotatable bonds is 3. The molecule has 7 nitrogen and oxygen atoms in total. The maximum absolute atomic E-state index is 6.46. The van der Waals surface area contributed by atoms with Crippen LogP contribution in [0.1, 0.15) is 29.3 Å². The van der Waals surface area contributed by atoms with Crippen LogP contribution in [0.15, 0.2) is 11.2 Å². The lowest BCUT2D eigenvalue weighted by molar-refractivity contribution is 0.410. The number of ether oxygens (including phenoxy) is 1. The molecule has 0 radical (unpaired) electrons. The smallest absolute Gasteiger partial charge is 0.223 e. The Morgan fingerprint density at radius 2 is 2.33 bits per heavy atom. The predicted octanol–water partition coefficient (Wildman–Crippen LogP) is 2.49. The number of halogens is 1. The van der Waals surface area contributed by atoms with Crippen LogP contribution in [0.2, 0.25) is 5.02 Å². The Kier molecular flexibility index (Phi) is 3.90. The lowest BCUT2D eigenvalue weighted by Gasteiger charge is -2.21. The van der Waals surface area contributed by atoms with Gasteiger partial charge in [-0.25, -0.2) is 10.4 Å². The fraction of sp³-hybridized carbons (Fsp3) is 0.400. The zero-order chi connectivity index (χ0) is 16.8. The highest BCUT2D eigenvalue weighted by molar-refractivity contribution is 7.99. The summed E-state index contributed by atoms with van der Waals surface area (Å²) in [6.45, 7) is 2.39. The molecular formula is C15H17ClN6OS. The van der Waals surface area contributed by atoms with Crippen molar-refractivity contribution in [1.29, 1.82) is 0 Å². The fourth-order valence-electron chi connectivity index (χ4n) is 3.10. The second-order valence-corrected chi connectivity index (χ2v) is 7.23. The molecule has 0 bridgehead atoms. The number of aromatic nitrogens is 3. The zero-order valence-corrected chi connectivity index (χ0v) is 14.9. The minimum absolute atomic E-state index is 0.211. The molecular weight excluding hydrogens is 348 g/mol. The minimum atomic E-state index is 0.211. The Hall–Kier alpha value is -1.77. The first-order chi connectivity index (χ1) is 11.6. The van der Waals surface area contributed by atoms with Gasteiger partial charge in [-0.05, 0) is 13.3 Å². The standard InChI is InChI=1S/C15H17ClN6OS/c1-7-5-18-9(11(16)12(7)23-2)6-22-13-10-8(21-22)3-4-24-14(10)20-15(17)19-13/h5,8,21H,3-4,6H2,1-2H3,(H2,17,19,20). The summed E-state index contributed by atoms with van der Waals surface area (Å²) < 4.78 is 5.38. The number of nitrogens with one attached hydrogen (secondary N) is 1. The van der Waals surface area contributed by atoms with Gasteiger partial charge in [0.05, 0.1) is 25.4 Å². The molecule has 4 heterocycles. The Morgan fingerprint density at radius 1 is 1.50 bits per heavy atom. The van der Waals surface area contributed by atoms with Crippen LogP contribution in [0.4, 0.5) is 11.8 Å². The predicted molar refractivity (Wildman–Crippen MR) is 94.4 cm³/mol. The molecule has 0 amide bonds.